The van der Waals surface area contributed by atoms with Gasteiger partial charge in [-0.3, -0.25) is 9.69 Å². The molecule has 2 atom stereocenters. The van der Waals surface area contributed by atoms with E-state index >= 15 is 0 Å². The molecule has 0 aliphatic rings. The first kappa shape index (κ1) is 36.8. The van der Waals surface area contributed by atoms with E-state index in [1.54, 1.807) is 4.90 Å². The fourth-order valence-corrected chi connectivity index (χ4v) is 4.38. The number of aliphatic hydroxyl groups is 1. The molecule has 0 fully saturated rings. The molecule has 42 heavy (non-hydrogen) atoms. The molecule has 0 radical (unpaired) electrons. The highest BCUT2D eigenvalue weighted by Gasteiger charge is 2.09. The Hall–Kier alpha value is -3.26. The summed E-state index contributed by atoms with van der Waals surface area (Å²) in [6.45, 7) is 15.2. The molecular weight excluding hydrogens is 544 g/mol. The van der Waals surface area contributed by atoms with Crippen molar-refractivity contribution in [2.75, 3.05) is 32.6 Å². The standard InChI is InChI=1S/C21H19N3OS.C8H18O.C5H13NO.2H2/c1-3-18(16-9-5-4-6-10-16)22-13-20(25)24-21-23-19(14-26-21)17-11-7-8-15(2)12-17;1-4-6-8(3)9-7-5-2;1-4-5(7)6(2)3;;/h4-12,14,22H,1,13H2,2H3,(H,23,24,25);8H,4-7H2,1-3H3;5,7H,4H2,1-3H3;2*1H/t;8-;;;/m.0.../s1. The number of nitrogens with one attached hydrogen (secondary N) is 2. The van der Waals surface area contributed by atoms with Crippen LogP contribution in [0.15, 0.2) is 72.3 Å². The van der Waals surface area contributed by atoms with Gasteiger partial charge in [0.05, 0.1) is 24.0 Å². The summed E-state index contributed by atoms with van der Waals surface area (Å²) in [5, 5.41) is 17.3. The lowest BCUT2D eigenvalue weighted by molar-refractivity contribution is -0.115. The molecule has 0 bridgehead atoms. The summed E-state index contributed by atoms with van der Waals surface area (Å²) in [7, 11) is 3.71. The van der Waals surface area contributed by atoms with Gasteiger partial charge in [-0.05, 0) is 53.3 Å². The molecular formula is C34H54N4O3S. The fraction of sp³-hybridized carbons (Fsp3) is 0.441. The molecule has 1 amide bonds. The molecule has 1 aromatic heterocycles. The second-order valence-electron chi connectivity index (χ2n) is 10.0. The molecule has 3 N–H and O–H groups in total. The predicted molar refractivity (Wildman–Crippen MR) is 183 cm³/mol. The molecule has 3 rings (SSSR count). The molecule has 8 heteroatoms. The van der Waals surface area contributed by atoms with E-state index < -0.39 is 0 Å². The Kier molecular flexibility index (Phi) is 18.8. The second-order valence-corrected chi connectivity index (χ2v) is 10.9. The minimum Gasteiger partial charge on any atom is -0.379 e. The molecule has 7 nitrogen and oxygen atoms in total. The van der Waals surface area contributed by atoms with Crippen LogP contribution in [0.25, 0.3) is 17.0 Å². The van der Waals surface area contributed by atoms with Crippen molar-refractivity contribution in [2.24, 2.45) is 0 Å². The third kappa shape index (κ3) is 15.1. The van der Waals surface area contributed by atoms with E-state index in [9.17, 15) is 4.79 Å². The minimum atomic E-state index is -0.264. The number of rotatable bonds is 13. The van der Waals surface area contributed by atoms with Gasteiger partial charge in [-0.15, -0.1) is 17.1 Å². The Morgan fingerprint density at radius 1 is 1.14 bits per heavy atom. The summed E-state index contributed by atoms with van der Waals surface area (Å²) in [4.78, 5) is 18.5. The second kappa shape index (κ2) is 21.4. The number of hydrogen-bond donors (Lipinski definition) is 3. The van der Waals surface area contributed by atoms with Crippen molar-refractivity contribution in [1.29, 1.82) is 0 Å². The van der Waals surface area contributed by atoms with Crippen LogP contribution < -0.4 is 10.6 Å². The lowest BCUT2D eigenvalue weighted by atomic mass is 10.1. The molecule has 234 valence electrons. The van der Waals surface area contributed by atoms with Crippen molar-refractivity contribution in [3.63, 3.8) is 0 Å². The minimum absolute atomic E-state index is 0. The van der Waals surface area contributed by atoms with Crippen LogP contribution >= 0.6 is 11.3 Å². The number of amides is 1. The van der Waals surface area contributed by atoms with Crippen LogP contribution in [0.1, 0.15) is 67.4 Å². The topological polar surface area (TPSA) is 86.7 Å². The third-order valence-corrected chi connectivity index (χ3v) is 6.75. The first-order valence-corrected chi connectivity index (χ1v) is 15.5. The van der Waals surface area contributed by atoms with Crippen LogP contribution in [0.2, 0.25) is 0 Å². The molecule has 0 saturated heterocycles. The van der Waals surface area contributed by atoms with Crippen LogP contribution in [-0.2, 0) is 9.53 Å². The van der Waals surface area contributed by atoms with Crippen LogP contribution in [0.5, 0.6) is 0 Å². The number of anilines is 1. The summed E-state index contributed by atoms with van der Waals surface area (Å²) < 4.78 is 5.43. The monoisotopic (exact) mass is 598 g/mol. The lowest BCUT2D eigenvalue weighted by Crippen LogP contribution is -2.26. The number of aliphatic hydroxyl groups excluding tert-OH is 1. The summed E-state index contributed by atoms with van der Waals surface area (Å²) in [5.41, 5.74) is 7.54. The van der Waals surface area contributed by atoms with E-state index in [2.05, 4.69) is 54.8 Å². The largest absolute Gasteiger partial charge is 0.379 e. The summed E-state index contributed by atoms with van der Waals surface area (Å²) in [6.07, 6.45) is 4.56. The van der Waals surface area contributed by atoms with E-state index in [1.807, 2.05) is 81.9 Å². The highest BCUT2D eigenvalue weighted by Crippen LogP contribution is 2.25. The molecule has 0 aliphatic carbocycles. The van der Waals surface area contributed by atoms with E-state index in [4.69, 9.17) is 9.84 Å². The fourth-order valence-electron chi connectivity index (χ4n) is 3.65. The number of carbonyl (C=O) groups excluding carboxylic acids is 1. The van der Waals surface area contributed by atoms with Gasteiger partial charge in [-0.25, -0.2) is 4.98 Å². The molecule has 1 unspecified atom stereocenters. The first-order valence-electron chi connectivity index (χ1n) is 14.6. The number of aryl methyl sites for hydroxylation is 1. The number of carbonyl (C=O) groups is 1. The number of thiazole rings is 1. The number of ether oxygens (including phenoxy) is 1. The van der Waals surface area contributed by atoms with Crippen LogP contribution in [0.3, 0.4) is 0 Å². The van der Waals surface area contributed by atoms with Crippen LogP contribution in [0, 0.1) is 6.92 Å². The Morgan fingerprint density at radius 2 is 1.86 bits per heavy atom. The summed E-state index contributed by atoms with van der Waals surface area (Å²) in [5.74, 6) is -0.168. The average molecular weight is 599 g/mol. The first-order chi connectivity index (χ1) is 20.1. The smallest absolute Gasteiger partial charge is 0.245 e. The predicted octanol–water partition coefficient (Wildman–Crippen LogP) is 7.84. The summed E-state index contributed by atoms with van der Waals surface area (Å²) >= 11 is 1.41. The zero-order chi connectivity index (χ0) is 31.3. The Labute approximate surface area is 260 Å². The van der Waals surface area contributed by atoms with Gasteiger partial charge in [0.15, 0.2) is 5.13 Å². The van der Waals surface area contributed by atoms with Crippen LogP contribution in [0.4, 0.5) is 5.13 Å². The zero-order valence-electron chi connectivity index (χ0n) is 26.4. The van der Waals surface area contributed by atoms with E-state index in [1.165, 1.54) is 29.7 Å². The Bertz CT molecular complexity index is 1220. The maximum absolute atomic E-state index is 12.2. The molecule has 1 heterocycles. The number of nitrogens with zero attached hydrogens (tertiary/aromatic N) is 2. The van der Waals surface area contributed by atoms with Crippen molar-refractivity contribution < 1.29 is 17.5 Å². The van der Waals surface area contributed by atoms with Gasteiger partial charge >= 0.3 is 0 Å². The Morgan fingerprint density at radius 3 is 2.40 bits per heavy atom. The quantitative estimate of drug-likeness (QED) is 0.137. The van der Waals surface area contributed by atoms with Gasteiger partial charge in [0, 0.05) is 26.0 Å². The molecule has 0 aliphatic heterocycles. The van der Waals surface area contributed by atoms with E-state index in [-0.39, 0.29) is 21.5 Å². The van der Waals surface area contributed by atoms with Gasteiger partial charge in [0.25, 0.3) is 0 Å². The van der Waals surface area contributed by atoms with Gasteiger partial charge in [0.1, 0.15) is 6.23 Å². The van der Waals surface area contributed by atoms with Crippen molar-refractivity contribution in [2.45, 2.75) is 72.6 Å². The normalized spacial score (nSPS) is 11.6. The molecule has 2 aromatic carbocycles. The number of aromatic nitrogens is 1. The van der Waals surface area contributed by atoms with Crippen molar-refractivity contribution in [3.8, 4) is 11.3 Å². The van der Waals surface area contributed by atoms with Gasteiger partial charge in [0.2, 0.25) is 5.91 Å². The SMILES string of the molecule is C=C=C(NCC(=O)Nc1nc(-c2cccc(C)c2)cs1)c1ccccc1.CCC(O)N(C)C.CCCO[C@@H](C)CCC.[HH].[HH]. The maximum Gasteiger partial charge on any atom is 0.245 e. The molecule has 3 aromatic rings. The van der Waals surface area contributed by atoms with Crippen molar-refractivity contribution in [3.05, 3.63) is 83.4 Å². The lowest BCUT2D eigenvalue weighted by Gasteiger charge is -2.15. The number of hydrogen-bond acceptors (Lipinski definition) is 7. The third-order valence-electron chi connectivity index (χ3n) is 5.99. The zero-order valence-corrected chi connectivity index (χ0v) is 27.3. The summed E-state index contributed by atoms with van der Waals surface area (Å²) in [6, 6.07) is 17.8. The van der Waals surface area contributed by atoms with Crippen molar-refractivity contribution in [1.82, 2.24) is 15.2 Å². The average Bonchev–Trinajstić information content (AvgIpc) is 3.45. The maximum atomic E-state index is 12.2. The van der Waals surface area contributed by atoms with Crippen molar-refractivity contribution >= 4 is 28.1 Å². The van der Waals surface area contributed by atoms with Crippen LogP contribution in [-0.4, -0.2) is 60.5 Å². The van der Waals surface area contributed by atoms with E-state index in [0.29, 0.717) is 16.9 Å². The van der Waals surface area contributed by atoms with Gasteiger partial charge in [-0.2, -0.15) is 0 Å². The highest BCUT2D eigenvalue weighted by atomic mass is 32.1. The van der Waals surface area contributed by atoms with Gasteiger partial charge in [-0.1, -0.05) is 87.9 Å². The Balaban J connectivity index is 0. The van der Waals surface area contributed by atoms with E-state index in [0.717, 1.165) is 36.3 Å². The molecule has 0 spiro atoms. The molecule has 0 saturated carbocycles. The highest BCUT2D eigenvalue weighted by molar-refractivity contribution is 7.14. The van der Waals surface area contributed by atoms with Gasteiger partial charge < -0.3 is 20.5 Å². The number of benzene rings is 2.